The molecule has 2 unspecified atom stereocenters. The maximum atomic E-state index is 12.9. The van der Waals surface area contributed by atoms with Gasteiger partial charge in [-0.2, -0.15) is 5.10 Å². The third-order valence-corrected chi connectivity index (χ3v) is 7.60. The van der Waals surface area contributed by atoms with Crippen molar-refractivity contribution in [3.8, 4) is 0 Å². The number of anilines is 1. The number of hydrogen-bond donors (Lipinski definition) is 1. The predicted molar refractivity (Wildman–Crippen MR) is 121 cm³/mol. The second-order valence-electron chi connectivity index (χ2n) is 10.3. The molecule has 3 aliphatic heterocycles. The van der Waals surface area contributed by atoms with Crippen LogP contribution in [0.5, 0.6) is 0 Å². The van der Waals surface area contributed by atoms with Crippen LogP contribution in [-0.2, 0) is 15.1 Å². The van der Waals surface area contributed by atoms with Crippen molar-refractivity contribution < 1.29 is 14.6 Å². The lowest BCUT2D eigenvalue weighted by molar-refractivity contribution is -0.127. The molecule has 7 nitrogen and oxygen atoms in total. The number of likely N-dealkylation sites (tertiary alicyclic amines) is 1. The highest BCUT2D eigenvalue weighted by Crippen LogP contribution is 2.50. The molecule has 3 fully saturated rings. The van der Waals surface area contributed by atoms with Crippen molar-refractivity contribution in [1.82, 2.24) is 15.1 Å². The zero-order valence-corrected chi connectivity index (χ0v) is 19.3. The van der Waals surface area contributed by atoms with Gasteiger partial charge in [-0.1, -0.05) is 45.0 Å². The molecule has 0 saturated carbocycles. The van der Waals surface area contributed by atoms with Gasteiger partial charge >= 0.3 is 0 Å². The Hall–Kier alpha value is -2.35. The largest absolute Gasteiger partial charge is 0.380 e. The highest BCUT2D eigenvalue weighted by Gasteiger charge is 2.55. The van der Waals surface area contributed by atoms with Crippen molar-refractivity contribution in [2.75, 3.05) is 38.2 Å². The van der Waals surface area contributed by atoms with Gasteiger partial charge in [-0.15, -0.1) is 5.10 Å². The zero-order chi connectivity index (χ0) is 22.7. The molecule has 5 rings (SSSR count). The van der Waals surface area contributed by atoms with Gasteiger partial charge in [-0.25, -0.2) is 0 Å². The summed E-state index contributed by atoms with van der Waals surface area (Å²) in [6.45, 7) is 9.08. The zero-order valence-electron chi connectivity index (χ0n) is 19.3. The predicted octanol–water partition coefficient (Wildman–Crippen LogP) is 2.54. The van der Waals surface area contributed by atoms with E-state index in [0.717, 1.165) is 25.1 Å². The fourth-order valence-electron chi connectivity index (χ4n) is 5.82. The molecular formula is C25H32N4O3. The molecule has 1 amide bonds. The summed E-state index contributed by atoms with van der Waals surface area (Å²) in [5.41, 5.74) is 1.09. The molecule has 1 aromatic heterocycles. The lowest BCUT2D eigenvalue weighted by Gasteiger charge is -2.55. The number of rotatable bonds is 5. The van der Waals surface area contributed by atoms with E-state index in [-0.39, 0.29) is 17.9 Å². The number of carbonyl (C=O) groups is 1. The van der Waals surface area contributed by atoms with Crippen LogP contribution in [0.3, 0.4) is 0 Å². The molecule has 2 aromatic rings. The van der Waals surface area contributed by atoms with Crippen LogP contribution in [0.4, 0.5) is 5.82 Å². The molecule has 0 aliphatic carbocycles. The third-order valence-electron chi connectivity index (χ3n) is 7.60. The summed E-state index contributed by atoms with van der Waals surface area (Å²) >= 11 is 0. The first-order chi connectivity index (χ1) is 15.2. The summed E-state index contributed by atoms with van der Waals surface area (Å²) < 4.78 is 5.72. The Morgan fingerprint density at radius 3 is 2.56 bits per heavy atom. The molecule has 170 valence electrons. The number of hydrogen-bond acceptors (Lipinski definition) is 6. The molecule has 32 heavy (non-hydrogen) atoms. The minimum Gasteiger partial charge on any atom is -0.380 e. The average Bonchev–Trinajstić information content (AvgIpc) is 3.35. The summed E-state index contributed by atoms with van der Waals surface area (Å²) in [7, 11) is 2.06. The molecule has 0 bridgehead atoms. The van der Waals surface area contributed by atoms with Crippen LogP contribution < -0.4 is 4.90 Å². The molecule has 1 aromatic carbocycles. The van der Waals surface area contributed by atoms with E-state index in [1.807, 2.05) is 18.2 Å². The summed E-state index contributed by atoms with van der Waals surface area (Å²) in [4.78, 5) is 16.8. The normalized spacial score (nSPS) is 26.8. The Kier molecular flexibility index (Phi) is 5.11. The van der Waals surface area contributed by atoms with E-state index in [1.54, 1.807) is 11.1 Å². The van der Waals surface area contributed by atoms with Gasteiger partial charge in [0.1, 0.15) is 5.60 Å². The minimum atomic E-state index is -1.26. The Labute approximate surface area is 189 Å². The van der Waals surface area contributed by atoms with Gasteiger partial charge in [0.25, 0.3) is 0 Å². The summed E-state index contributed by atoms with van der Waals surface area (Å²) in [6.07, 6.45) is 2.32. The van der Waals surface area contributed by atoms with Crippen molar-refractivity contribution in [2.24, 2.45) is 11.3 Å². The number of fused-ring (bicyclic) bond motifs is 1. The van der Waals surface area contributed by atoms with E-state index >= 15 is 0 Å². The topological polar surface area (TPSA) is 78.8 Å². The fraction of sp³-hybridized carbons (Fsp3) is 0.560. The van der Waals surface area contributed by atoms with Crippen molar-refractivity contribution in [3.63, 3.8) is 0 Å². The number of aliphatic hydroxyl groups is 1. The van der Waals surface area contributed by atoms with Gasteiger partial charge in [0.05, 0.1) is 24.8 Å². The molecule has 1 N–H and O–H groups in total. The minimum absolute atomic E-state index is 0.0402. The maximum Gasteiger partial charge on any atom is 0.234 e. The number of carbonyl (C=O) groups excluding carboxylic acids is 1. The van der Waals surface area contributed by atoms with E-state index < -0.39 is 11.0 Å². The second-order valence-corrected chi connectivity index (χ2v) is 10.3. The van der Waals surface area contributed by atoms with Crippen LogP contribution in [0.1, 0.15) is 49.8 Å². The van der Waals surface area contributed by atoms with E-state index in [4.69, 9.17) is 4.74 Å². The molecule has 0 spiro atoms. The van der Waals surface area contributed by atoms with Gasteiger partial charge in [-0.3, -0.25) is 9.69 Å². The molecule has 4 heterocycles. The molecular weight excluding hydrogens is 404 g/mol. The molecule has 3 aliphatic rings. The second kappa shape index (κ2) is 7.61. The molecule has 7 heteroatoms. The molecule has 0 radical (unpaired) electrons. The van der Waals surface area contributed by atoms with Gasteiger partial charge < -0.3 is 14.7 Å². The number of ether oxygens (including phenoxy) is 1. The van der Waals surface area contributed by atoms with Crippen molar-refractivity contribution in [2.45, 2.75) is 44.8 Å². The van der Waals surface area contributed by atoms with Gasteiger partial charge in [0.15, 0.2) is 5.82 Å². The van der Waals surface area contributed by atoms with Gasteiger partial charge in [0, 0.05) is 30.7 Å². The first-order valence-corrected chi connectivity index (χ1v) is 11.5. The number of benzene rings is 1. The Balaban J connectivity index is 1.55. The monoisotopic (exact) mass is 436 g/mol. The van der Waals surface area contributed by atoms with E-state index in [0.29, 0.717) is 30.5 Å². The van der Waals surface area contributed by atoms with Crippen molar-refractivity contribution in [1.29, 1.82) is 0 Å². The number of nitrogens with zero attached hydrogens (tertiary/aromatic N) is 4. The SMILES string of the molecule is CC(C)c1ccc([C@](O)(c2cnnc(N3CC4OCCC4C3=O)c2)C2(C)CN(C)C2)cc1. The van der Waals surface area contributed by atoms with Crippen LogP contribution in [0.15, 0.2) is 36.5 Å². The van der Waals surface area contributed by atoms with E-state index in [2.05, 4.69) is 55.0 Å². The van der Waals surface area contributed by atoms with Crippen LogP contribution >= 0.6 is 0 Å². The first-order valence-electron chi connectivity index (χ1n) is 11.5. The smallest absolute Gasteiger partial charge is 0.234 e. The van der Waals surface area contributed by atoms with Crippen molar-refractivity contribution in [3.05, 3.63) is 53.2 Å². The van der Waals surface area contributed by atoms with E-state index in [1.165, 1.54) is 5.56 Å². The quantitative estimate of drug-likeness (QED) is 0.776. The lowest BCUT2D eigenvalue weighted by Crippen LogP contribution is -2.63. The van der Waals surface area contributed by atoms with Gasteiger partial charge in [0.2, 0.25) is 5.91 Å². The standard InChI is InChI=1S/C25H32N4O3/c1-16(2)17-5-7-18(8-6-17)25(31,24(3)14-28(4)15-24)19-11-22(27-26-12-19)29-13-21-20(23(29)30)9-10-32-21/h5-8,11-12,16,20-21,31H,9-10,13-15H2,1-4H3/t20?,21?,25-/m0/s1. The number of amides is 1. The maximum absolute atomic E-state index is 12.9. The van der Waals surface area contributed by atoms with Crippen LogP contribution in [0, 0.1) is 11.3 Å². The highest BCUT2D eigenvalue weighted by molar-refractivity contribution is 5.97. The summed E-state index contributed by atoms with van der Waals surface area (Å²) in [5.74, 6) is 0.845. The Morgan fingerprint density at radius 2 is 1.94 bits per heavy atom. The fourth-order valence-corrected chi connectivity index (χ4v) is 5.82. The third kappa shape index (κ3) is 3.17. The van der Waals surface area contributed by atoms with Gasteiger partial charge in [-0.05, 0) is 36.6 Å². The Bertz CT molecular complexity index is 1020. The Morgan fingerprint density at radius 1 is 1.22 bits per heavy atom. The number of aromatic nitrogens is 2. The average molecular weight is 437 g/mol. The summed E-state index contributed by atoms with van der Waals surface area (Å²) in [6, 6.07) is 10.1. The van der Waals surface area contributed by atoms with Crippen LogP contribution in [-0.4, -0.2) is 65.5 Å². The van der Waals surface area contributed by atoms with Crippen molar-refractivity contribution >= 4 is 11.7 Å². The highest BCUT2D eigenvalue weighted by atomic mass is 16.5. The van der Waals surface area contributed by atoms with E-state index in [9.17, 15) is 9.90 Å². The summed E-state index contributed by atoms with van der Waals surface area (Å²) in [5, 5.41) is 20.8. The lowest BCUT2D eigenvalue weighted by atomic mass is 9.62. The van der Waals surface area contributed by atoms with Crippen LogP contribution in [0.25, 0.3) is 0 Å². The molecule has 3 atom stereocenters. The molecule has 3 saturated heterocycles. The van der Waals surface area contributed by atoms with Crippen LogP contribution in [0.2, 0.25) is 0 Å². The first kappa shape index (κ1) is 21.5.